The maximum Gasteiger partial charge on any atom is 0.335 e. The summed E-state index contributed by atoms with van der Waals surface area (Å²) in [4.78, 5) is 22.1. The van der Waals surface area contributed by atoms with Crippen LogP contribution in [0.15, 0.2) is 23.4 Å². The molecule has 1 amide bonds. The van der Waals surface area contributed by atoms with Gasteiger partial charge in [-0.3, -0.25) is 4.79 Å². The van der Waals surface area contributed by atoms with E-state index >= 15 is 0 Å². The molecule has 5 N–H and O–H groups in total. The molecule has 0 radical (unpaired) electrons. The van der Waals surface area contributed by atoms with Crippen molar-refractivity contribution in [3.05, 3.63) is 23.8 Å². The van der Waals surface area contributed by atoms with Crippen molar-refractivity contribution in [3.63, 3.8) is 0 Å². The number of ether oxygens (including phenoxy) is 1. The molecule has 0 saturated heterocycles. The van der Waals surface area contributed by atoms with Crippen LogP contribution in [-0.2, 0) is 4.79 Å². The SMILES string of the molecule is COc1cc(C(=O)O)ccc1NC(=O)/C(N)=N\O. The first-order valence-corrected chi connectivity index (χ1v) is 4.69. The molecule has 1 rings (SSSR count). The van der Waals surface area contributed by atoms with Gasteiger partial charge in [0.15, 0.2) is 0 Å². The summed E-state index contributed by atoms with van der Waals surface area (Å²) < 4.78 is 4.93. The molecule has 1 aromatic rings. The maximum absolute atomic E-state index is 11.3. The fourth-order valence-electron chi connectivity index (χ4n) is 1.16. The highest BCUT2D eigenvalue weighted by Crippen LogP contribution is 2.25. The van der Waals surface area contributed by atoms with E-state index in [0.29, 0.717) is 0 Å². The van der Waals surface area contributed by atoms with Crippen LogP contribution < -0.4 is 15.8 Å². The number of nitrogens with two attached hydrogens (primary N) is 1. The minimum atomic E-state index is -1.12. The molecule has 8 heteroatoms. The number of benzene rings is 1. The molecule has 0 aromatic heterocycles. The number of nitrogens with one attached hydrogen (secondary N) is 1. The van der Waals surface area contributed by atoms with Gasteiger partial charge in [-0.25, -0.2) is 4.79 Å². The second-order valence-corrected chi connectivity index (χ2v) is 3.16. The van der Waals surface area contributed by atoms with Crippen LogP contribution in [0.1, 0.15) is 10.4 Å². The van der Waals surface area contributed by atoms with E-state index in [4.69, 9.17) is 20.8 Å². The van der Waals surface area contributed by atoms with Gasteiger partial charge in [-0.1, -0.05) is 5.16 Å². The molecule has 18 heavy (non-hydrogen) atoms. The number of aromatic carboxylic acids is 1. The minimum Gasteiger partial charge on any atom is -0.495 e. The van der Waals surface area contributed by atoms with E-state index in [2.05, 4.69) is 10.5 Å². The topological polar surface area (TPSA) is 134 Å². The second-order valence-electron chi connectivity index (χ2n) is 3.16. The highest BCUT2D eigenvalue weighted by Gasteiger charge is 2.13. The molecule has 0 aliphatic heterocycles. The van der Waals surface area contributed by atoms with Gasteiger partial charge in [0.1, 0.15) is 5.75 Å². The van der Waals surface area contributed by atoms with Crippen molar-refractivity contribution >= 4 is 23.4 Å². The number of rotatable bonds is 3. The van der Waals surface area contributed by atoms with Crippen LogP contribution in [0.3, 0.4) is 0 Å². The predicted octanol–water partition coefficient (Wildman–Crippen LogP) is 0.0783. The van der Waals surface area contributed by atoms with E-state index in [1.807, 2.05) is 0 Å². The molecule has 0 fully saturated rings. The standard InChI is InChI=1S/C10H11N3O5/c1-18-7-4-5(10(15)16)2-3-6(7)12-9(14)8(11)13-17/h2-4,17H,1H3,(H2,11,13)(H,12,14)(H,15,16). The first-order chi connectivity index (χ1) is 8.49. The third-order valence-electron chi connectivity index (χ3n) is 2.04. The van der Waals surface area contributed by atoms with E-state index in [0.717, 1.165) is 0 Å². The largest absolute Gasteiger partial charge is 0.495 e. The third kappa shape index (κ3) is 2.88. The highest BCUT2D eigenvalue weighted by molar-refractivity contribution is 6.41. The Bertz CT molecular complexity index is 512. The van der Waals surface area contributed by atoms with Crippen LogP contribution in [0.25, 0.3) is 0 Å². The number of carboxylic acids is 1. The van der Waals surface area contributed by atoms with Crippen molar-refractivity contribution in [2.75, 3.05) is 12.4 Å². The molecule has 96 valence electrons. The number of hydrogen-bond donors (Lipinski definition) is 4. The number of anilines is 1. The van der Waals surface area contributed by atoms with Crippen molar-refractivity contribution in [1.82, 2.24) is 0 Å². The first kappa shape index (κ1) is 13.3. The monoisotopic (exact) mass is 253 g/mol. The first-order valence-electron chi connectivity index (χ1n) is 4.69. The fourth-order valence-corrected chi connectivity index (χ4v) is 1.16. The average Bonchev–Trinajstić information content (AvgIpc) is 2.37. The Morgan fingerprint density at radius 2 is 2.11 bits per heavy atom. The molecule has 0 unspecified atom stereocenters. The number of nitrogens with zero attached hydrogens (tertiary/aromatic N) is 1. The second kappa shape index (κ2) is 5.53. The highest BCUT2D eigenvalue weighted by atomic mass is 16.5. The van der Waals surface area contributed by atoms with Crippen LogP contribution in [0, 0.1) is 0 Å². The number of amidine groups is 1. The summed E-state index contributed by atoms with van der Waals surface area (Å²) in [6.07, 6.45) is 0. The Labute approximate surface area is 102 Å². The van der Waals surface area contributed by atoms with E-state index in [1.165, 1.54) is 25.3 Å². The fraction of sp³-hybridized carbons (Fsp3) is 0.100. The molecular formula is C10H11N3O5. The number of carbonyl (C=O) groups is 2. The molecule has 0 aliphatic carbocycles. The van der Waals surface area contributed by atoms with Crippen molar-refractivity contribution in [1.29, 1.82) is 0 Å². The Morgan fingerprint density at radius 1 is 1.44 bits per heavy atom. The number of methoxy groups -OCH3 is 1. The van der Waals surface area contributed by atoms with Gasteiger partial charge < -0.3 is 26.1 Å². The molecule has 0 heterocycles. The van der Waals surface area contributed by atoms with Crippen LogP contribution >= 0.6 is 0 Å². The van der Waals surface area contributed by atoms with Crippen molar-refractivity contribution in [2.24, 2.45) is 10.9 Å². The zero-order chi connectivity index (χ0) is 13.7. The Balaban J connectivity index is 3.03. The third-order valence-corrected chi connectivity index (χ3v) is 2.04. The van der Waals surface area contributed by atoms with Crippen LogP contribution in [0.2, 0.25) is 0 Å². The summed E-state index contributed by atoms with van der Waals surface area (Å²) in [5.41, 5.74) is 5.30. The van der Waals surface area contributed by atoms with Gasteiger partial charge in [-0.15, -0.1) is 0 Å². The van der Waals surface area contributed by atoms with Gasteiger partial charge in [-0.2, -0.15) is 0 Å². The summed E-state index contributed by atoms with van der Waals surface area (Å²) in [6.45, 7) is 0. The summed E-state index contributed by atoms with van der Waals surface area (Å²) in [5.74, 6) is -2.44. The van der Waals surface area contributed by atoms with Gasteiger partial charge in [-0.05, 0) is 18.2 Å². The van der Waals surface area contributed by atoms with Gasteiger partial charge >= 0.3 is 5.97 Å². The van der Waals surface area contributed by atoms with Crippen LogP contribution in [0.5, 0.6) is 5.75 Å². The number of oxime groups is 1. The van der Waals surface area contributed by atoms with Crippen molar-refractivity contribution < 1.29 is 24.6 Å². The predicted molar refractivity (Wildman–Crippen MR) is 62.0 cm³/mol. The average molecular weight is 253 g/mol. The number of hydrogen-bond acceptors (Lipinski definition) is 5. The lowest BCUT2D eigenvalue weighted by Crippen LogP contribution is -2.30. The Kier molecular flexibility index (Phi) is 4.08. The molecule has 0 aliphatic rings. The minimum absolute atomic E-state index is 0.00801. The van der Waals surface area contributed by atoms with Crippen molar-refractivity contribution in [3.8, 4) is 5.75 Å². The van der Waals surface area contributed by atoms with E-state index in [9.17, 15) is 9.59 Å². The molecule has 0 bridgehead atoms. The number of amides is 1. The summed E-state index contributed by atoms with van der Waals surface area (Å²) in [7, 11) is 1.32. The van der Waals surface area contributed by atoms with Gasteiger partial charge in [0.05, 0.1) is 18.4 Å². The molecule has 1 aromatic carbocycles. The maximum atomic E-state index is 11.3. The Hall–Kier alpha value is -2.77. The quantitative estimate of drug-likeness (QED) is 0.261. The van der Waals surface area contributed by atoms with E-state index in [1.54, 1.807) is 0 Å². The molecule has 8 nitrogen and oxygen atoms in total. The lowest BCUT2D eigenvalue weighted by Gasteiger charge is -2.10. The summed E-state index contributed by atoms with van der Waals surface area (Å²) >= 11 is 0. The smallest absolute Gasteiger partial charge is 0.335 e. The van der Waals surface area contributed by atoms with E-state index in [-0.39, 0.29) is 17.0 Å². The van der Waals surface area contributed by atoms with Gasteiger partial charge in [0.25, 0.3) is 5.91 Å². The van der Waals surface area contributed by atoms with E-state index < -0.39 is 17.7 Å². The molecule has 0 atom stereocenters. The Morgan fingerprint density at radius 3 is 2.61 bits per heavy atom. The number of carboxylic acid groups (broad SMARTS) is 1. The number of carbonyl (C=O) groups excluding carboxylic acids is 1. The molecule has 0 saturated carbocycles. The van der Waals surface area contributed by atoms with Crippen LogP contribution in [0.4, 0.5) is 5.69 Å². The zero-order valence-electron chi connectivity index (χ0n) is 9.38. The van der Waals surface area contributed by atoms with Crippen molar-refractivity contribution in [2.45, 2.75) is 0 Å². The molecule has 0 spiro atoms. The van der Waals surface area contributed by atoms with Gasteiger partial charge in [0.2, 0.25) is 5.84 Å². The normalized spacial score (nSPS) is 10.8. The summed E-state index contributed by atoms with van der Waals surface area (Å²) in [6, 6.07) is 3.86. The van der Waals surface area contributed by atoms with Crippen LogP contribution in [-0.4, -0.2) is 35.1 Å². The lowest BCUT2D eigenvalue weighted by atomic mass is 10.2. The molecular weight excluding hydrogens is 242 g/mol. The summed E-state index contributed by atoms with van der Waals surface area (Å²) in [5, 5.41) is 21.9. The zero-order valence-corrected chi connectivity index (χ0v) is 9.38. The lowest BCUT2D eigenvalue weighted by molar-refractivity contribution is -0.110. The van der Waals surface area contributed by atoms with Gasteiger partial charge in [0, 0.05) is 0 Å².